The standard InChI is InChI=1S/C36H36N2O8S2/c39-33(43-21-27-13-5-1-6-14-27)31(37-35(41)45-23-29-17-9-3-10-18-29)25-47-48-26-32(34(40)44-22-28-15-7-2-8-16-28)38-36(42)46-24-30-19-11-4-12-20-30/h1-20,31-32H,21-26H2,(H,37,41)(H,38,42). The average molecular weight is 689 g/mol. The molecule has 10 nitrogen and oxygen atoms in total. The van der Waals surface area contributed by atoms with Gasteiger partial charge in [-0.3, -0.25) is 0 Å². The van der Waals surface area contributed by atoms with Crippen molar-refractivity contribution in [3.63, 3.8) is 0 Å². The molecule has 0 radical (unpaired) electrons. The zero-order valence-electron chi connectivity index (χ0n) is 26.0. The topological polar surface area (TPSA) is 129 Å². The van der Waals surface area contributed by atoms with E-state index in [0.717, 1.165) is 22.3 Å². The summed E-state index contributed by atoms with van der Waals surface area (Å²) in [5.41, 5.74) is 3.17. The lowest BCUT2D eigenvalue weighted by Crippen LogP contribution is -2.44. The lowest BCUT2D eigenvalue weighted by atomic mass is 10.2. The lowest BCUT2D eigenvalue weighted by Gasteiger charge is -2.19. The van der Waals surface area contributed by atoms with Crippen LogP contribution in [-0.2, 0) is 55.0 Å². The Kier molecular flexibility index (Phi) is 15.2. The minimum atomic E-state index is -1.05. The van der Waals surface area contributed by atoms with Gasteiger partial charge in [-0.2, -0.15) is 0 Å². The molecule has 0 saturated heterocycles. The van der Waals surface area contributed by atoms with Crippen LogP contribution >= 0.6 is 21.6 Å². The Morgan fingerprint density at radius 3 is 1.00 bits per heavy atom. The van der Waals surface area contributed by atoms with Gasteiger partial charge in [0.2, 0.25) is 0 Å². The van der Waals surface area contributed by atoms with Gasteiger partial charge in [0, 0.05) is 11.5 Å². The van der Waals surface area contributed by atoms with Gasteiger partial charge in [-0.05, 0) is 22.3 Å². The minimum absolute atomic E-state index is 0.0269. The molecular weight excluding hydrogens is 653 g/mol. The van der Waals surface area contributed by atoms with E-state index in [-0.39, 0.29) is 37.9 Å². The first-order chi connectivity index (χ1) is 23.5. The molecule has 48 heavy (non-hydrogen) atoms. The summed E-state index contributed by atoms with van der Waals surface area (Å²) in [6.07, 6.45) is -1.56. The Hall–Kier alpha value is -4.94. The molecule has 4 aromatic carbocycles. The summed E-state index contributed by atoms with van der Waals surface area (Å²) < 4.78 is 21.6. The molecule has 0 aliphatic heterocycles. The van der Waals surface area contributed by atoms with E-state index in [1.165, 1.54) is 21.6 Å². The Morgan fingerprint density at radius 1 is 0.438 bits per heavy atom. The van der Waals surface area contributed by atoms with E-state index >= 15 is 0 Å². The summed E-state index contributed by atoms with van der Waals surface area (Å²) in [6, 6.07) is 34.5. The summed E-state index contributed by atoms with van der Waals surface area (Å²) in [6.45, 7) is 0.108. The fourth-order valence-electron chi connectivity index (χ4n) is 4.04. The van der Waals surface area contributed by atoms with Gasteiger partial charge in [0.15, 0.2) is 0 Å². The molecule has 0 heterocycles. The number of alkyl carbamates (subject to hydrolysis) is 2. The van der Waals surface area contributed by atoms with Crippen molar-refractivity contribution in [3.05, 3.63) is 144 Å². The fourth-order valence-corrected chi connectivity index (χ4v) is 6.34. The van der Waals surface area contributed by atoms with E-state index < -0.39 is 36.2 Å². The third kappa shape index (κ3) is 13.4. The summed E-state index contributed by atoms with van der Waals surface area (Å²) in [5.74, 6) is -1.12. The van der Waals surface area contributed by atoms with Crippen LogP contribution in [0.25, 0.3) is 0 Å². The second-order valence-corrected chi connectivity index (χ2v) is 12.8. The van der Waals surface area contributed by atoms with Crippen molar-refractivity contribution in [2.45, 2.75) is 38.5 Å². The predicted molar refractivity (Wildman–Crippen MR) is 184 cm³/mol. The molecule has 4 rings (SSSR count). The molecule has 2 amide bonds. The number of esters is 2. The molecule has 0 saturated carbocycles. The van der Waals surface area contributed by atoms with Crippen LogP contribution in [0, 0.1) is 0 Å². The highest BCUT2D eigenvalue weighted by molar-refractivity contribution is 8.76. The minimum Gasteiger partial charge on any atom is -0.459 e. The van der Waals surface area contributed by atoms with Crippen molar-refractivity contribution in [2.24, 2.45) is 0 Å². The van der Waals surface area contributed by atoms with Gasteiger partial charge in [0.25, 0.3) is 0 Å². The molecule has 2 atom stereocenters. The zero-order chi connectivity index (χ0) is 33.8. The molecular formula is C36H36N2O8S2. The maximum absolute atomic E-state index is 13.1. The summed E-state index contributed by atoms with van der Waals surface area (Å²) >= 11 is 0. The fraction of sp³-hybridized carbons (Fsp3) is 0.222. The van der Waals surface area contributed by atoms with Gasteiger partial charge in [0.1, 0.15) is 38.5 Å². The Bertz CT molecular complexity index is 1450. The first-order valence-corrected chi connectivity index (χ1v) is 17.5. The van der Waals surface area contributed by atoms with Crippen LogP contribution in [0.15, 0.2) is 121 Å². The number of carbonyl (C=O) groups is 4. The van der Waals surface area contributed by atoms with Gasteiger partial charge in [-0.1, -0.05) is 143 Å². The first-order valence-electron chi connectivity index (χ1n) is 15.1. The van der Waals surface area contributed by atoms with Crippen LogP contribution in [-0.4, -0.2) is 47.7 Å². The largest absolute Gasteiger partial charge is 0.459 e. The Labute approximate surface area is 287 Å². The number of hydrogen-bond acceptors (Lipinski definition) is 10. The highest BCUT2D eigenvalue weighted by Gasteiger charge is 2.26. The SMILES string of the molecule is O=C(NC(CSSCC(NC(=O)OCc1ccccc1)C(=O)OCc1ccccc1)C(=O)OCc1ccccc1)OCc1ccccc1. The predicted octanol–water partition coefficient (Wildman–Crippen LogP) is 6.44. The second-order valence-electron chi connectivity index (χ2n) is 10.3. The highest BCUT2D eigenvalue weighted by atomic mass is 33.1. The van der Waals surface area contributed by atoms with E-state index in [1.807, 2.05) is 121 Å². The van der Waals surface area contributed by atoms with Crippen LogP contribution in [0.2, 0.25) is 0 Å². The van der Waals surface area contributed by atoms with Crippen molar-refractivity contribution in [2.75, 3.05) is 11.5 Å². The smallest absolute Gasteiger partial charge is 0.408 e. The number of hydrogen-bond donors (Lipinski definition) is 2. The van der Waals surface area contributed by atoms with Crippen LogP contribution in [0.4, 0.5) is 9.59 Å². The molecule has 0 spiro atoms. The van der Waals surface area contributed by atoms with E-state index in [0.29, 0.717) is 0 Å². The van der Waals surface area contributed by atoms with Crippen LogP contribution in [0.1, 0.15) is 22.3 Å². The van der Waals surface area contributed by atoms with E-state index in [9.17, 15) is 19.2 Å². The molecule has 250 valence electrons. The molecule has 0 fully saturated rings. The average Bonchev–Trinajstić information content (AvgIpc) is 3.13. The maximum atomic E-state index is 13.1. The molecule has 0 aliphatic carbocycles. The van der Waals surface area contributed by atoms with Crippen molar-refractivity contribution in [1.29, 1.82) is 0 Å². The molecule has 2 unspecified atom stereocenters. The number of amides is 2. The van der Waals surface area contributed by atoms with E-state index in [2.05, 4.69) is 10.6 Å². The summed E-state index contributed by atoms with van der Waals surface area (Å²) in [4.78, 5) is 51.4. The number of rotatable bonds is 17. The maximum Gasteiger partial charge on any atom is 0.408 e. The van der Waals surface area contributed by atoms with Crippen molar-refractivity contribution in [1.82, 2.24) is 10.6 Å². The third-order valence-electron chi connectivity index (χ3n) is 6.58. The van der Waals surface area contributed by atoms with Gasteiger partial charge in [-0.15, -0.1) is 0 Å². The normalized spacial score (nSPS) is 11.8. The number of benzene rings is 4. The monoisotopic (exact) mass is 688 g/mol. The molecule has 4 aromatic rings. The van der Waals surface area contributed by atoms with Gasteiger partial charge in [0.05, 0.1) is 0 Å². The van der Waals surface area contributed by atoms with E-state index in [4.69, 9.17) is 18.9 Å². The van der Waals surface area contributed by atoms with Crippen molar-refractivity contribution in [3.8, 4) is 0 Å². The Morgan fingerprint density at radius 2 is 0.708 bits per heavy atom. The van der Waals surface area contributed by atoms with Crippen molar-refractivity contribution < 1.29 is 38.1 Å². The first kappa shape index (κ1) is 35.9. The van der Waals surface area contributed by atoms with E-state index in [1.54, 1.807) is 0 Å². The molecule has 0 aromatic heterocycles. The van der Waals surface area contributed by atoms with Crippen LogP contribution in [0.3, 0.4) is 0 Å². The van der Waals surface area contributed by atoms with Gasteiger partial charge >= 0.3 is 24.1 Å². The number of nitrogens with one attached hydrogen (secondary N) is 2. The molecule has 2 N–H and O–H groups in total. The molecule has 12 heteroatoms. The second kappa shape index (κ2) is 20.3. The Balaban J connectivity index is 1.33. The van der Waals surface area contributed by atoms with Gasteiger partial charge in [-0.25, -0.2) is 19.2 Å². The molecule has 0 bridgehead atoms. The number of carbonyl (C=O) groups excluding carboxylic acids is 4. The number of ether oxygens (including phenoxy) is 4. The quantitative estimate of drug-likeness (QED) is 0.0553. The lowest BCUT2D eigenvalue weighted by molar-refractivity contribution is -0.147. The third-order valence-corrected chi connectivity index (χ3v) is 9.00. The highest BCUT2D eigenvalue weighted by Crippen LogP contribution is 2.24. The summed E-state index contributed by atoms with van der Waals surface area (Å²) in [7, 11) is 2.42. The van der Waals surface area contributed by atoms with Crippen LogP contribution < -0.4 is 10.6 Å². The van der Waals surface area contributed by atoms with Crippen LogP contribution in [0.5, 0.6) is 0 Å². The van der Waals surface area contributed by atoms with Gasteiger partial charge < -0.3 is 29.6 Å². The van der Waals surface area contributed by atoms with Crippen molar-refractivity contribution >= 4 is 45.7 Å². The molecule has 0 aliphatic rings. The zero-order valence-corrected chi connectivity index (χ0v) is 27.7. The summed E-state index contributed by atoms with van der Waals surface area (Å²) in [5, 5.41) is 5.17.